The number of para-hydroxylation sites is 2. The first-order valence-corrected chi connectivity index (χ1v) is 8.67. The fourth-order valence-corrected chi connectivity index (χ4v) is 2.68. The summed E-state index contributed by atoms with van der Waals surface area (Å²) in [7, 11) is 0. The smallest absolute Gasteiger partial charge is 0.454 e. The van der Waals surface area contributed by atoms with Crippen molar-refractivity contribution in [3.8, 4) is 0 Å². The number of alkyl halides is 3. The van der Waals surface area contributed by atoms with Gasteiger partial charge in [0.15, 0.2) is 6.61 Å². The number of hydrogen-bond donors (Lipinski definition) is 2. The van der Waals surface area contributed by atoms with Gasteiger partial charge in [-0.2, -0.15) is 13.2 Å². The van der Waals surface area contributed by atoms with Gasteiger partial charge < -0.3 is 15.0 Å². The van der Waals surface area contributed by atoms with Gasteiger partial charge >= 0.3 is 12.1 Å². The molecule has 9 heteroatoms. The molecule has 2 aromatic carbocycles. The van der Waals surface area contributed by atoms with Gasteiger partial charge in [-0.1, -0.05) is 30.3 Å². The highest BCUT2D eigenvalue weighted by Crippen LogP contribution is 2.20. The van der Waals surface area contributed by atoms with Gasteiger partial charge in [0.25, 0.3) is 5.78 Å². The first-order valence-electron chi connectivity index (χ1n) is 8.67. The summed E-state index contributed by atoms with van der Waals surface area (Å²) in [6, 6.07) is 13.0. The molecule has 0 bridgehead atoms. The van der Waals surface area contributed by atoms with Crippen LogP contribution >= 0.6 is 0 Å². The van der Waals surface area contributed by atoms with Crippen LogP contribution in [0.15, 0.2) is 67.0 Å². The number of nitrogens with one attached hydrogen (secondary N) is 2. The Labute approximate surface area is 168 Å². The minimum atomic E-state index is -4.99. The molecule has 0 radical (unpaired) electrons. The van der Waals surface area contributed by atoms with Crippen LogP contribution in [0.2, 0.25) is 0 Å². The van der Waals surface area contributed by atoms with E-state index in [0.29, 0.717) is 17.0 Å². The molecule has 2 N–H and O–H groups in total. The average molecular weight is 416 g/mol. The highest BCUT2D eigenvalue weighted by molar-refractivity contribution is 6.09. The van der Waals surface area contributed by atoms with Gasteiger partial charge in [-0.05, 0) is 18.2 Å². The second-order valence-corrected chi connectivity index (χ2v) is 6.13. The molecule has 0 atom stereocenters. The van der Waals surface area contributed by atoms with E-state index >= 15 is 0 Å². The van der Waals surface area contributed by atoms with Gasteiger partial charge in [0, 0.05) is 34.9 Å². The summed E-state index contributed by atoms with van der Waals surface area (Å²) in [5, 5.41) is 3.14. The number of Topliss-reactive ketones (excluding diaryl/α,β-unsaturated/α-hetero) is 1. The van der Waals surface area contributed by atoms with Crippen molar-refractivity contribution in [3.63, 3.8) is 0 Å². The van der Waals surface area contributed by atoms with Crippen LogP contribution in [0.5, 0.6) is 0 Å². The van der Waals surface area contributed by atoms with Crippen molar-refractivity contribution in [3.05, 3.63) is 78.1 Å². The molecule has 0 aliphatic rings. The molecule has 1 aromatic heterocycles. The molecule has 0 saturated heterocycles. The number of halogens is 3. The van der Waals surface area contributed by atoms with Crippen molar-refractivity contribution in [2.75, 3.05) is 11.9 Å². The van der Waals surface area contributed by atoms with E-state index in [1.165, 1.54) is 30.5 Å². The van der Waals surface area contributed by atoms with Gasteiger partial charge in [0.2, 0.25) is 5.78 Å². The van der Waals surface area contributed by atoms with E-state index in [0.717, 1.165) is 11.7 Å². The Morgan fingerprint density at radius 3 is 2.47 bits per heavy atom. The van der Waals surface area contributed by atoms with Crippen molar-refractivity contribution in [1.82, 2.24) is 4.98 Å². The zero-order valence-electron chi connectivity index (χ0n) is 15.3. The average Bonchev–Trinajstić information content (AvgIpc) is 3.15. The molecule has 6 nitrogen and oxygen atoms in total. The van der Waals surface area contributed by atoms with Crippen LogP contribution in [0.4, 0.5) is 18.9 Å². The Bertz CT molecular complexity index is 1130. The van der Waals surface area contributed by atoms with Crippen molar-refractivity contribution >= 4 is 34.1 Å². The fourth-order valence-electron chi connectivity index (χ4n) is 2.68. The standard InChI is InChI=1S/C21H15F3N2O4/c22-21(23,24)19(28)9-10-25-17-8-4-2-6-14(17)20(29)30-12-18(27)15-11-26-16-7-3-1-5-13(15)16/h1-11,25-26H,12H2. The van der Waals surface area contributed by atoms with Gasteiger partial charge in [0.05, 0.1) is 11.3 Å². The monoisotopic (exact) mass is 416 g/mol. The highest BCUT2D eigenvalue weighted by atomic mass is 19.4. The van der Waals surface area contributed by atoms with Crippen LogP contribution in [0.3, 0.4) is 0 Å². The molecule has 0 spiro atoms. The van der Waals surface area contributed by atoms with E-state index in [4.69, 9.17) is 4.74 Å². The summed E-state index contributed by atoms with van der Waals surface area (Å²) in [5.41, 5.74) is 1.25. The first-order chi connectivity index (χ1) is 14.3. The molecule has 0 fully saturated rings. The summed E-state index contributed by atoms with van der Waals surface area (Å²) in [5.74, 6) is -3.30. The van der Waals surface area contributed by atoms with Crippen LogP contribution in [-0.2, 0) is 9.53 Å². The van der Waals surface area contributed by atoms with Crippen molar-refractivity contribution in [2.45, 2.75) is 6.18 Å². The van der Waals surface area contributed by atoms with Crippen molar-refractivity contribution < 1.29 is 32.3 Å². The molecule has 0 unspecified atom stereocenters. The third-order valence-corrected chi connectivity index (χ3v) is 4.12. The third-order valence-electron chi connectivity index (χ3n) is 4.12. The third kappa shape index (κ3) is 4.75. The maximum Gasteiger partial charge on any atom is 0.454 e. The molecule has 0 aliphatic heterocycles. The number of hydrogen-bond acceptors (Lipinski definition) is 5. The van der Waals surface area contributed by atoms with E-state index in [9.17, 15) is 27.6 Å². The molecular formula is C21H15F3N2O4. The predicted molar refractivity (Wildman–Crippen MR) is 103 cm³/mol. The van der Waals surface area contributed by atoms with E-state index in [-0.39, 0.29) is 11.3 Å². The maximum absolute atomic E-state index is 12.4. The number of carbonyl (C=O) groups excluding carboxylic acids is 3. The van der Waals surface area contributed by atoms with Crippen molar-refractivity contribution in [2.24, 2.45) is 0 Å². The molecule has 1 heterocycles. The molecule has 3 rings (SSSR count). The van der Waals surface area contributed by atoms with Gasteiger partial charge in [0.1, 0.15) is 0 Å². The van der Waals surface area contributed by atoms with Crippen LogP contribution in [0.1, 0.15) is 20.7 Å². The van der Waals surface area contributed by atoms with Gasteiger partial charge in [-0.25, -0.2) is 4.79 Å². The predicted octanol–water partition coefficient (Wildman–Crippen LogP) is 4.26. The second-order valence-electron chi connectivity index (χ2n) is 6.13. The van der Waals surface area contributed by atoms with Crippen molar-refractivity contribution in [1.29, 1.82) is 0 Å². The molecule has 30 heavy (non-hydrogen) atoms. The second kappa shape index (κ2) is 8.64. The molecule has 0 aliphatic carbocycles. The molecule has 154 valence electrons. The van der Waals surface area contributed by atoms with Gasteiger partial charge in [-0.15, -0.1) is 0 Å². The molecular weight excluding hydrogens is 401 g/mol. The SMILES string of the molecule is O=C(OCC(=O)c1c[nH]c2ccccc12)c1ccccc1NC=CC(=O)C(F)(F)F. The number of fused-ring (bicyclic) bond motifs is 1. The van der Waals surface area contributed by atoms with Crippen LogP contribution in [-0.4, -0.2) is 35.3 Å². The lowest BCUT2D eigenvalue weighted by Crippen LogP contribution is -2.20. The number of esters is 1. The number of benzene rings is 2. The molecule has 0 saturated carbocycles. The topological polar surface area (TPSA) is 88.3 Å². The van der Waals surface area contributed by atoms with Crippen LogP contribution in [0.25, 0.3) is 10.9 Å². The number of ether oxygens (including phenoxy) is 1. The number of rotatable bonds is 7. The zero-order valence-corrected chi connectivity index (χ0v) is 15.3. The number of ketones is 2. The minimum absolute atomic E-state index is 0.00617. The Kier molecular flexibility index (Phi) is 6.01. The normalized spacial score (nSPS) is 11.6. The Morgan fingerprint density at radius 1 is 1.00 bits per heavy atom. The zero-order chi connectivity index (χ0) is 21.7. The number of aromatic nitrogens is 1. The largest absolute Gasteiger partial charge is 0.454 e. The number of carbonyl (C=O) groups is 3. The summed E-state index contributed by atoms with van der Waals surface area (Å²) < 4.78 is 41.8. The summed E-state index contributed by atoms with van der Waals surface area (Å²) >= 11 is 0. The lowest BCUT2D eigenvalue weighted by atomic mass is 10.1. The first kappa shape index (κ1) is 20.8. The minimum Gasteiger partial charge on any atom is -0.454 e. The van der Waals surface area contributed by atoms with E-state index in [2.05, 4.69) is 10.3 Å². The Hall–Kier alpha value is -3.88. The summed E-state index contributed by atoms with van der Waals surface area (Å²) in [6.45, 7) is -0.516. The van der Waals surface area contributed by atoms with E-state index in [1.54, 1.807) is 18.2 Å². The number of allylic oxidation sites excluding steroid dienone is 1. The Balaban J connectivity index is 1.66. The fraction of sp³-hybridized carbons (Fsp3) is 0.0952. The summed E-state index contributed by atoms with van der Waals surface area (Å²) in [4.78, 5) is 38.6. The maximum atomic E-state index is 12.4. The molecule has 0 amide bonds. The number of aromatic amines is 1. The van der Waals surface area contributed by atoms with Crippen LogP contribution in [0, 0.1) is 0 Å². The number of H-pyrrole nitrogens is 1. The lowest BCUT2D eigenvalue weighted by molar-refractivity contribution is -0.165. The van der Waals surface area contributed by atoms with Crippen LogP contribution < -0.4 is 5.32 Å². The summed E-state index contributed by atoms with van der Waals surface area (Å²) in [6.07, 6.45) is -2.38. The number of anilines is 1. The van der Waals surface area contributed by atoms with Gasteiger partial charge in [-0.3, -0.25) is 9.59 Å². The Morgan fingerprint density at radius 2 is 1.70 bits per heavy atom. The molecule has 3 aromatic rings. The quantitative estimate of drug-likeness (QED) is 0.341. The van der Waals surface area contributed by atoms with E-state index in [1.807, 2.05) is 6.07 Å². The lowest BCUT2D eigenvalue weighted by Gasteiger charge is -2.09. The van der Waals surface area contributed by atoms with E-state index < -0.39 is 30.3 Å². The highest BCUT2D eigenvalue weighted by Gasteiger charge is 2.36.